The highest BCUT2D eigenvalue weighted by molar-refractivity contribution is 6.30. The van der Waals surface area contributed by atoms with Crippen LogP contribution in [0.3, 0.4) is 0 Å². The molecule has 152 valence electrons. The normalized spacial score (nSPS) is 17.1. The topological polar surface area (TPSA) is 48.1 Å². The van der Waals surface area contributed by atoms with Crippen molar-refractivity contribution >= 4 is 34.2 Å². The van der Waals surface area contributed by atoms with E-state index in [0.29, 0.717) is 23.9 Å². The molecule has 4 rings (SSSR count). The Bertz CT molecular complexity index is 1060. The molecule has 1 aliphatic rings. The Kier molecular flexibility index (Phi) is 4.90. The van der Waals surface area contributed by atoms with Crippen molar-refractivity contribution < 1.29 is 22.4 Å². The zero-order valence-electron chi connectivity index (χ0n) is 15.0. The zero-order chi connectivity index (χ0) is 20.8. The molecule has 4 nitrogen and oxygen atoms in total. The van der Waals surface area contributed by atoms with E-state index in [4.69, 9.17) is 11.6 Å². The number of aromatic amines is 1. The van der Waals surface area contributed by atoms with Gasteiger partial charge in [0.25, 0.3) is 0 Å². The van der Waals surface area contributed by atoms with Gasteiger partial charge in [0.1, 0.15) is 5.82 Å². The van der Waals surface area contributed by atoms with Crippen molar-refractivity contribution in [2.24, 2.45) is 0 Å². The van der Waals surface area contributed by atoms with Gasteiger partial charge in [-0.1, -0.05) is 29.8 Å². The summed E-state index contributed by atoms with van der Waals surface area (Å²) in [4.78, 5) is 16.4. The molecule has 1 aliphatic heterocycles. The van der Waals surface area contributed by atoms with E-state index >= 15 is 0 Å². The number of rotatable bonds is 1. The third-order valence-corrected chi connectivity index (χ3v) is 5.16. The fourth-order valence-electron chi connectivity index (χ4n) is 3.82. The average molecular weight is 426 g/mol. The van der Waals surface area contributed by atoms with Gasteiger partial charge in [-0.25, -0.2) is 9.18 Å². The van der Waals surface area contributed by atoms with Crippen molar-refractivity contribution in [2.75, 3.05) is 11.9 Å². The maximum Gasteiger partial charge on any atom is 0.414 e. The number of nitrogens with one attached hydrogen (secondary N) is 2. The molecule has 2 N–H and O–H groups in total. The first kappa shape index (κ1) is 19.6. The van der Waals surface area contributed by atoms with Gasteiger partial charge in [-0.15, -0.1) is 0 Å². The van der Waals surface area contributed by atoms with Crippen LogP contribution in [0.2, 0.25) is 5.02 Å². The van der Waals surface area contributed by atoms with Gasteiger partial charge >= 0.3 is 12.2 Å². The molecule has 1 unspecified atom stereocenters. The third-order valence-electron chi connectivity index (χ3n) is 4.94. The highest BCUT2D eigenvalue weighted by Crippen LogP contribution is 2.43. The Morgan fingerprint density at radius 3 is 2.69 bits per heavy atom. The second-order valence-electron chi connectivity index (χ2n) is 6.89. The van der Waals surface area contributed by atoms with Gasteiger partial charge in [0.2, 0.25) is 0 Å². The number of para-hydroxylation sites is 1. The number of halogens is 5. The lowest BCUT2D eigenvalue weighted by Gasteiger charge is -2.31. The number of carbonyl (C=O) groups is 1. The summed E-state index contributed by atoms with van der Waals surface area (Å²) < 4.78 is 55.8. The minimum atomic E-state index is -4.70. The van der Waals surface area contributed by atoms with E-state index in [2.05, 4.69) is 10.3 Å². The number of fused-ring (bicyclic) bond motifs is 3. The molecule has 3 aromatic rings. The Morgan fingerprint density at radius 2 is 1.97 bits per heavy atom. The molecule has 0 bridgehead atoms. The molecule has 0 aliphatic carbocycles. The van der Waals surface area contributed by atoms with E-state index in [0.717, 1.165) is 22.4 Å². The van der Waals surface area contributed by atoms with E-state index in [9.17, 15) is 22.4 Å². The van der Waals surface area contributed by atoms with E-state index in [1.807, 2.05) is 0 Å². The van der Waals surface area contributed by atoms with Crippen LogP contribution in [0.1, 0.15) is 23.7 Å². The predicted molar refractivity (Wildman–Crippen MR) is 103 cm³/mol. The molecule has 2 heterocycles. The van der Waals surface area contributed by atoms with Gasteiger partial charge in [0, 0.05) is 28.2 Å². The Balaban J connectivity index is 1.74. The minimum absolute atomic E-state index is 0.0120. The molecule has 0 saturated heterocycles. The SMILES string of the molecule is O=C(Nc1cc(F)cc(Cl)c1)N1CCCc2c([nH]c3ccccc23)C1C(F)(F)F. The summed E-state index contributed by atoms with van der Waals surface area (Å²) >= 11 is 5.77. The number of hydrogen-bond donors (Lipinski definition) is 2. The Hall–Kier alpha value is -2.74. The number of anilines is 1. The number of alkyl halides is 3. The van der Waals surface area contributed by atoms with Gasteiger partial charge in [0.15, 0.2) is 6.04 Å². The number of nitrogens with zero attached hydrogens (tertiary/aromatic N) is 1. The minimum Gasteiger partial charge on any atom is -0.356 e. The van der Waals surface area contributed by atoms with Gasteiger partial charge in [-0.2, -0.15) is 13.2 Å². The molecular formula is C20H16ClF4N3O. The van der Waals surface area contributed by atoms with Gasteiger partial charge < -0.3 is 15.2 Å². The molecule has 29 heavy (non-hydrogen) atoms. The summed E-state index contributed by atoms with van der Waals surface area (Å²) in [5, 5.41) is 3.08. The van der Waals surface area contributed by atoms with Crippen LogP contribution < -0.4 is 5.32 Å². The molecule has 2 aromatic carbocycles. The molecule has 0 radical (unpaired) electrons. The first-order valence-corrected chi connectivity index (χ1v) is 9.32. The number of aryl methyl sites for hydroxylation is 1. The molecule has 9 heteroatoms. The van der Waals surface area contributed by atoms with E-state index in [-0.39, 0.29) is 22.9 Å². The Morgan fingerprint density at radius 1 is 1.21 bits per heavy atom. The highest BCUT2D eigenvalue weighted by atomic mass is 35.5. The zero-order valence-corrected chi connectivity index (χ0v) is 15.7. The van der Waals surface area contributed by atoms with E-state index in [1.165, 1.54) is 6.07 Å². The van der Waals surface area contributed by atoms with Crippen LogP contribution in [0.25, 0.3) is 10.9 Å². The number of aromatic nitrogens is 1. The number of H-pyrrole nitrogens is 1. The smallest absolute Gasteiger partial charge is 0.356 e. The van der Waals surface area contributed by atoms with Crippen LogP contribution in [-0.2, 0) is 6.42 Å². The third kappa shape index (κ3) is 3.76. The Labute approximate surface area is 168 Å². The summed E-state index contributed by atoms with van der Waals surface area (Å²) in [6.45, 7) is -0.101. The maximum atomic E-state index is 14.1. The number of benzene rings is 2. The molecule has 1 atom stereocenters. The van der Waals surface area contributed by atoms with Gasteiger partial charge in [-0.3, -0.25) is 0 Å². The highest BCUT2D eigenvalue weighted by Gasteiger charge is 2.49. The summed E-state index contributed by atoms with van der Waals surface area (Å²) in [5.74, 6) is -0.700. The van der Waals surface area contributed by atoms with Gasteiger partial charge in [-0.05, 0) is 42.7 Å². The number of hydrogen-bond acceptors (Lipinski definition) is 1. The number of urea groups is 1. The van der Waals surface area contributed by atoms with E-state index in [1.54, 1.807) is 24.3 Å². The lowest BCUT2D eigenvalue weighted by atomic mass is 10.0. The lowest BCUT2D eigenvalue weighted by Crippen LogP contribution is -2.44. The van der Waals surface area contributed by atoms with E-state index < -0.39 is 24.1 Å². The van der Waals surface area contributed by atoms with Crippen LogP contribution in [0.15, 0.2) is 42.5 Å². The molecule has 1 aromatic heterocycles. The molecule has 0 fully saturated rings. The van der Waals surface area contributed by atoms with Crippen LogP contribution in [0, 0.1) is 5.82 Å². The van der Waals surface area contributed by atoms with Crippen molar-refractivity contribution in [2.45, 2.75) is 25.1 Å². The van der Waals surface area contributed by atoms with Crippen LogP contribution in [0.5, 0.6) is 0 Å². The summed E-state index contributed by atoms with van der Waals surface area (Å²) in [6.07, 6.45) is -3.93. The first-order chi connectivity index (χ1) is 13.7. The van der Waals surface area contributed by atoms with Crippen LogP contribution in [-0.4, -0.2) is 28.6 Å². The van der Waals surface area contributed by atoms with Crippen molar-refractivity contribution in [3.8, 4) is 0 Å². The largest absolute Gasteiger partial charge is 0.414 e. The number of amides is 2. The van der Waals surface area contributed by atoms with Crippen molar-refractivity contribution in [1.82, 2.24) is 9.88 Å². The maximum absolute atomic E-state index is 14.1. The summed E-state index contributed by atoms with van der Waals surface area (Å²) in [7, 11) is 0. The monoisotopic (exact) mass is 425 g/mol. The molecular weight excluding hydrogens is 410 g/mol. The summed E-state index contributed by atoms with van der Waals surface area (Å²) in [6, 6.07) is 7.17. The standard InChI is InChI=1S/C20H16ClF4N3O/c21-11-8-12(22)10-13(9-11)26-19(29)28-7-3-5-15-14-4-1-2-6-16(14)27-17(15)18(28)20(23,24)25/h1-2,4,6,8-10,18,27H,3,5,7H2,(H,26,29). The molecule has 0 saturated carbocycles. The first-order valence-electron chi connectivity index (χ1n) is 8.94. The summed E-state index contributed by atoms with van der Waals surface area (Å²) in [5.41, 5.74) is 1.10. The number of carbonyl (C=O) groups excluding carboxylic acids is 1. The van der Waals surface area contributed by atoms with Crippen molar-refractivity contribution in [3.05, 3.63) is 64.6 Å². The van der Waals surface area contributed by atoms with Crippen molar-refractivity contribution in [3.63, 3.8) is 0 Å². The van der Waals surface area contributed by atoms with Crippen LogP contribution >= 0.6 is 11.6 Å². The lowest BCUT2D eigenvalue weighted by molar-refractivity contribution is -0.178. The molecule has 0 spiro atoms. The predicted octanol–water partition coefficient (Wildman–Crippen LogP) is 6.04. The quantitative estimate of drug-likeness (QED) is 0.458. The second kappa shape index (κ2) is 7.26. The fourth-order valence-corrected chi connectivity index (χ4v) is 4.04. The van der Waals surface area contributed by atoms with Crippen molar-refractivity contribution in [1.29, 1.82) is 0 Å². The average Bonchev–Trinajstić information content (AvgIpc) is 2.85. The molecule has 2 amide bonds. The second-order valence-corrected chi connectivity index (χ2v) is 7.33. The fraction of sp³-hybridized carbons (Fsp3) is 0.250. The van der Waals surface area contributed by atoms with Gasteiger partial charge in [0.05, 0.1) is 5.69 Å². The van der Waals surface area contributed by atoms with Crippen LogP contribution in [0.4, 0.5) is 28.0 Å².